The van der Waals surface area contributed by atoms with E-state index in [2.05, 4.69) is 4.99 Å². The predicted molar refractivity (Wildman–Crippen MR) is 76.3 cm³/mol. The first-order chi connectivity index (χ1) is 10.0. The summed E-state index contributed by atoms with van der Waals surface area (Å²) in [6.45, 7) is 0. The van der Waals surface area contributed by atoms with Gasteiger partial charge in [-0.3, -0.25) is 0 Å². The fraction of sp³-hybridized carbons (Fsp3) is 0. The second-order valence-corrected chi connectivity index (χ2v) is 5.48. The van der Waals surface area contributed by atoms with E-state index in [0.717, 1.165) is 17.0 Å². The number of hydrogen-bond acceptors (Lipinski definition) is 4. The van der Waals surface area contributed by atoms with E-state index in [0.29, 0.717) is 0 Å². The summed E-state index contributed by atoms with van der Waals surface area (Å²) < 4.78 is 31.3. The molecule has 0 unspecified atom stereocenters. The fourth-order valence-corrected chi connectivity index (χ4v) is 2.60. The van der Waals surface area contributed by atoms with Crippen molar-refractivity contribution in [2.45, 2.75) is 0 Å². The van der Waals surface area contributed by atoms with Crippen molar-refractivity contribution in [1.29, 1.82) is 0 Å². The molecule has 2 aromatic rings. The summed E-state index contributed by atoms with van der Waals surface area (Å²) in [5, 5.41) is 1.77. The molecule has 0 atom stereocenters. The van der Waals surface area contributed by atoms with Crippen molar-refractivity contribution in [3.05, 3.63) is 62.4 Å². The van der Waals surface area contributed by atoms with Crippen molar-refractivity contribution in [1.82, 2.24) is 0 Å². The molecule has 1 aromatic carbocycles. The zero-order valence-corrected chi connectivity index (χ0v) is 11.8. The number of thiophene rings is 1. The Labute approximate surface area is 127 Å². The molecule has 1 aliphatic rings. The van der Waals surface area contributed by atoms with Crippen LogP contribution in [0.25, 0.3) is 6.08 Å². The van der Waals surface area contributed by atoms with Crippen molar-refractivity contribution in [3.8, 4) is 0 Å². The van der Waals surface area contributed by atoms with E-state index < -0.39 is 17.6 Å². The zero-order valence-electron chi connectivity index (χ0n) is 10.3. The largest absolute Gasteiger partial charge is 0.402 e. The van der Waals surface area contributed by atoms with Gasteiger partial charge in [0, 0.05) is 4.88 Å². The van der Waals surface area contributed by atoms with Crippen molar-refractivity contribution in [3.63, 3.8) is 0 Å². The molecule has 0 saturated heterocycles. The minimum atomic E-state index is -1.09. The van der Waals surface area contributed by atoms with Crippen LogP contribution in [-0.2, 0) is 9.53 Å². The van der Waals surface area contributed by atoms with E-state index >= 15 is 0 Å². The third kappa shape index (κ3) is 2.72. The van der Waals surface area contributed by atoms with Crippen LogP contribution in [0, 0.1) is 11.6 Å². The van der Waals surface area contributed by atoms with Crippen LogP contribution in [0.15, 0.2) is 40.3 Å². The van der Waals surface area contributed by atoms with Gasteiger partial charge in [-0.1, -0.05) is 17.7 Å². The monoisotopic (exact) mass is 325 g/mol. The highest BCUT2D eigenvalue weighted by Crippen LogP contribution is 2.26. The maximum atomic E-state index is 13.3. The van der Waals surface area contributed by atoms with Gasteiger partial charge in [0.15, 0.2) is 17.3 Å². The molecule has 0 aliphatic carbocycles. The van der Waals surface area contributed by atoms with Crippen LogP contribution in [0.2, 0.25) is 5.02 Å². The topological polar surface area (TPSA) is 38.7 Å². The number of carbonyl (C=O) groups is 1. The molecular weight excluding hydrogens is 320 g/mol. The van der Waals surface area contributed by atoms with Crippen molar-refractivity contribution >= 4 is 40.9 Å². The van der Waals surface area contributed by atoms with Crippen LogP contribution in [-0.4, -0.2) is 11.9 Å². The Kier molecular flexibility index (Phi) is 3.57. The second kappa shape index (κ2) is 5.38. The summed E-state index contributed by atoms with van der Waals surface area (Å²) in [6, 6.07) is 5.29. The highest BCUT2D eigenvalue weighted by molar-refractivity contribution is 7.10. The van der Waals surface area contributed by atoms with Gasteiger partial charge >= 0.3 is 5.97 Å². The minimum Gasteiger partial charge on any atom is -0.402 e. The number of esters is 1. The van der Waals surface area contributed by atoms with Crippen molar-refractivity contribution in [2.24, 2.45) is 4.99 Å². The Balaban J connectivity index is 2.01. The molecule has 0 bridgehead atoms. The molecule has 0 spiro atoms. The lowest BCUT2D eigenvalue weighted by Gasteiger charge is -2.03. The zero-order chi connectivity index (χ0) is 15.0. The highest BCUT2D eigenvalue weighted by atomic mass is 35.5. The third-order valence-corrected chi connectivity index (χ3v) is 3.82. The van der Waals surface area contributed by atoms with E-state index in [1.807, 2.05) is 17.5 Å². The Hall–Kier alpha value is -2.05. The van der Waals surface area contributed by atoms with Crippen molar-refractivity contribution in [2.75, 3.05) is 0 Å². The summed E-state index contributed by atoms with van der Waals surface area (Å²) in [4.78, 5) is 16.5. The molecule has 1 aromatic heterocycles. The maximum Gasteiger partial charge on any atom is 0.363 e. The Bertz CT molecular complexity index is 785. The van der Waals surface area contributed by atoms with Gasteiger partial charge in [-0.2, -0.15) is 0 Å². The SMILES string of the molecule is O=C1OC(c2cc(F)c(F)cc2Cl)=N/C1=C\c1cccs1. The standard InChI is InChI=1S/C14H6ClF2NO2S/c15-9-6-11(17)10(16)5-8(9)13-18-12(14(19)20-13)4-7-2-1-3-21-7/h1-6H/b12-4-. The predicted octanol–water partition coefficient (Wildman–Crippen LogP) is 4.02. The Morgan fingerprint density at radius 2 is 2.05 bits per heavy atom. The van der Waals surface area contributed by atoms with E-state index in [-0.39, 0.29) is 22.2 Å². The molecule has 2 heterocycles. The third-order valence-electron chi connectivity index (χ3n) is 2.68. The molecule has 106 valence electrons. The molecule has 0 radical (unpaired) electrons. The fourth-order valence-electron chi connectivity index (χ4n) is 1.72. The number of cyclic esters (lactones) is 1. The number of benzene rings is 1. The number of hydrogen-bond donors (Lipinski definition) is 0. The van der Waals surface area contributed by atoms with E-state index in [4.69, 9.17) is 16.3 Å². The number of rotatable bonds is 2. The summed E-state index contributed by atoms with van der Waals surface area (Å²) in [5.41, 5.74) is 0.103. The molecule has 0 fully saturated rings. The average molecular weight is 326 g/mol. The molecule has 0 saturated carbocycles. The van der Waals surface area contributed by atoms with Crippen LogP contribution in [0.4, 0.5) is 8.78 Å². The number of halogens is 3. The summed E-state index contributed by atoms with van der Waals surface area (Å²) in [5.74, 6) is -2.99. The van der Waals surface area contributed by atoms with Crippen LogP contribution < -0.4 is 0 Å². The van der Waals surface area contributed by atoms with Gasteiger partial charge in [0.2, 0.25) is 5.90 Å². The van der Waals surface area contributed by atoms with E-state index in [1.165, 1.54) is 11.3 Å². The van der Waals surface area contributed by atoms with Gasteiger partial charge in [0.25, 0.3) is 0 Å². The molecule has 0 amide bonds. The second-order valence-electron chi connectivity index (χ2n) is 4.10. The summed E-state index contributed by atoms with van der Waals surface area (Å²) in [6.07, 6.45) is 1.55. The van der Waals surface area contributed by atoms with Crippen LogP contribution >= 0.6 is 22.9 Å². The van der Waals surface area contributed by atoms with Gasteiger partial charge in [0.1, 0.15) is 0 Å². The number of nitrogens with zero attached hydrogens (tertiary/aromatic N) is 1. The first kappa shape index (κ1) is 13.9. The highest BCUT2D eigenvalue weighted by Gasteiger charge is 2.26. The van der Waals surface area contributed by atoms with Crippen LogP contribution in [0.1, 0.15) is 10.4 Å². The summed E-state index contributed by atoms with van der Waals surface area (Å²) in [7, 11) is 0. The van der Waals surface area contributed by atoms with Crippen LogP contribution in [0.3, 0.4) is 0 Å². The smallest absolute Gasteiger partial charge is 0.363 e. The van der Waals surface area contributed by atoms with Gasteiger partial charge in [-0.25, -0.2) is 18.6 Å². The Morgan fingerprint density at radius 1 is 1.29 bits per heavy atom. The number of ether oxygens (including phenoxy) is 1. The molecule has 0 N–H and O–H groups in total. The maximum absolute atomic E-state index is 13.3. The Morgan fingerprint density at radius 3 is 2.76 bits per heavy atom. The minimum absolute atomic E-state index is 0.0264. The molecule has 21 heavy (non-hydrogen) atoms. The first-order valence-electron chi connectivity index (χ1n) is 5.75. The normalized spacial score (nSPS) is 16.2. The lowest BCUT2D eigenvalue weighted by molar-refractivity contribution is -0.129. The molecular formula is C14H6ClF2NO2S. The van der Waals surface area contributed by atoms with E-state index in [9.17, 15) is 13.6 Å². The van der Waals surface area contributed by atoms with E-state index in [1.54, 1.807) is 6.08 Å². The average Bonchev–Trinajstić information content (AvgIpc) is 3.05. The lowest BCUT2D eigenvalue weighted by atomic mass is 10.2. The first-order valence-corrected chi connectivity index (χ1v) is 7.01. The molecule has 3 nitrogen and oxygen atoms in total. The molecule has 1 aliphatic heterocycles. The van der Waals surface area contributed by atoms with Gasteiger partial charge in [-0.15, -0.1) is 11.3 Å². The van der Waals surface area contributed by atoms with Gasteiger partial charge in [-0.05, 0) is 29.7 Å². The quantitative estimate of drug-likeness (QED) is 0.475. The molecule has 3 rings (SSSR count). The lowest BCUT2D eigenvalue weighted by Crippen LogP contribution is -2.07. The van der Waals surface area contributed by atoms with Crippen LogP contribution in [0.5, 0.6) is 0 Å². The van der Waals surface area contributed by atoms with Crippen molar-refractivity contribution < 1.29 is 18.3 Å². The summed E-state index contributed by atoms with van der Waals surface area (Å²) >= 11 is 7.25. The van der Waals surface area contributed by atoms with Gasteiger partial charge < -0.3 is 4.74 Å². The number of carbonyl (C=O) groups excluding carboxylic acids is 1. The molecule has 7 heteroatoms. The van der Waals surface area contributed by atoms with Gasteiger partial charge in [0.05, 0.1) is 10.6 Å². The number of aliphatic imine (C=N–C) groups is 1.